The lowest BCUT2D eigenvalue weighted by Crippen LogP contribution is -2.53. The molecule has 7 heteroatoms. The minimum absolute atomic E-state index is 0.0552. The van der Waals surface area contributed by atoms with Crippen molar-refractivity contribution in [2.24, 2.45) is 0 Å². The van der Waals surface area contributed by atoms with Gasteiger partial charge in [-0.2, -0.15) is 0 Å². The summed E-state index contributed by atoms with van der Waals surface area (Å²) in [6.07, 6.45) is 4.45. The minimum atomic E-state index is -0.327. The zero-order valence-corrected chi connectivity index (χ0v) is 15.2. The first-order chi connectivity index (χ1) is 13.2. The SMILES string of the molecule is O=C1C[C@@H](N2CCN(c3ncccn3)CC2)C(=O)N1CCc1ccccc1. The number of anilines is 1. The molecule has 2 aliphatic rings. The van der Waals surface area contributed by atoms with Gasteiger partial charge in [0, 0.05) is 45.1 Å². The number of rotatable bonds is 5. The molecule has 0 radical (unpaired) electrons. The van der Waals surface area contributed by atoms with Crippen LogP contribution in [0.5, 0.6) is 0 Å². The van der Waals surface area contributed by atoms with Crippen LogP contribution in [0, 0.1) is 0 Å². The van der Waals surface area contributed by atoms with Crippen molar-refractivity contribution in [2.75, 3.05) is 37.6 Å². The van der Waals surface area contributed by atoms with Crippen molar-refractivity contribution in [1.82, 2.24) is 19.8 Å². The molecule has 4 rings (SSSR count). The number of carbonyl (C=O) groups is 2. The summed E-state index contributed by atoms with van der Waals surface area (Å²) in [6.45, 7) is 3.43. The molecule has 140 valence electrons. The monoisotopic (exact) mass is 365 g/mol. The maximum atomic E-state index is 12.8. The molecule has 1 aromatic carbocycles. The van der Waals surface area contributed by atoms with E-state index >= 15 is 0 Å². The van der Waals surface area contributed by atoms with Crippen molar-refractivity contribution in [2.45, 2.75) is 18.9 Å². The topological polar surface area (TPSA) is 69.6 Å². The minimum Gasteiger partial charge on any atom is -0.338 e. The highest BCUT2D eigenvalue weighted by molar-refractivity contribution is 6.05. The summed E-state index contributed by atoms with van der Waals surface area (Å²) >= 11 is 0. The largest absolute Gasteiger partial charge is 0.338 e. The summed E-state index contributed by atoms with van der Waals surface area (Å²) in [6, 6.07) is 11.4. The van der Waals surface area contributed by atoms with Crippen LogP contribution in [0.3, 0.4) is 0 Å². The Labute approximate surface area is 158 Å². The molecule has 27 heavy (non-hydrogen) atoms. The van der Waals surface area contributed by atoms with Gasteiger partial charge in [0.05, 0.1) is 12.5 Å². The van der Waals surface area contributed by atoms with Crippen LogP contribution in [0.2, 0.25) is 0 Å². The third-order valence-corrected chi connectivity index (χ3v) is 5.28. The van der Waals surface area contributed by atoms with Crippen LogP contribution in [0.4, 0.5) is 5.95 Å². The smallest absolute Gasteiger partial charge is 0.247 e. The molecule has 1 atom stereocenters. The highest BCUT2D eigenvalue weighted by Crippen LogP contribution is 2.21. The van der Waals surface area contributed by atoms with Gasteiger partial charge in [-0.3, -0.25) is 19.4 Å². The highest BCUT2D eigenvalue weighted by atomic mass is 16.2. The van der Waals surface area contributed by atoms with E-state index in [1.165, 1.54) is 4.90 Å². The zero-order chi connectivity index (χ0) is 18.6. The molecule has 3 heterocycles. The number of carbonyl (C=O) groups excluding carboxylic acids is 2. The van der Waals surface area contributed by atoms with E-state index in [1.807, 2.05) is 30.3 Å². The Hall–Kier alpha value is -2.80. The standard InChI is InChI=1S/C20H23N5O2/c26-18-15-17(19(27)25(18)10-7-16-5-2-1-3-6-16)23-11-13-24(14-12-23)20-21-8-4-9-22-20/h1-6,8-9,17H,7,10-15H2/t17-/m1/s1. The highest BCUT2D eigenvalue weighted by Gasteiger charge is 2.42. The number of amides is 2. The fourth-order valence-corrected chi connectivity index (χ4v) is 3.76. The second-order valence-electron chi connectivity index (χ2n) is 6.91. The Morgan fingerprint density at radius 2 is 1.63 bits per heavy atom. The fourth-order valence-electron chi connectivity index (χ4n) is 3.76. The molecule has 0 unspecified atom stereocenters. The van der Waals surface area contributed by atoms with Crippen LogP contribution < -0.4 is 4.90 Å². The molecule has 0 saturated carbocycles. The molecule has 0 N–H and O–H groups in total. The first kappa shape index (κ1) is 17.6. The average Bonchev–Trinajstić information content (AvgIpc) is 3.01. The molecular weight excluding hydrogens is 342 g/mol. The third kappa shape index (κ3) is 3.83. The van der Waals surface area contributed by atoms with E-state index in [0.717, 1.165) is 37.7 Å². The summed E-state index contributed by atoms with van der Waals surface area (Å²) in [4.78, 5) is 39.5. The van der Waals surface area contributed by atoms with Crippen molar-refractivity contribution in [3.8, 4) is 0 Å². The summed E-state index contributed by atoms with van der Waals surface area (Å²) in [5.41, 5.74) is 1.14. The molecule has 1 aromatic heterocycles. The van der Waals surface area contributed by atoms with Crippen LogP contribution in [-0.4, -0.2) is 70.3 Å². The van der Waals surface area contributed by atoms with E-state index in [0.29, 0.717) is 13.0 Å². The van der Waals surface area contributed by atoms with Crippen LogP contribution in [-0.2, 0) is 16.0 Å². The molecule has 2 aliphatic heterocycles. The number of hydrogen-bond acceptors (Lipinski definition) is 6. The van der Waals surface area contributed by atoms with E-state index in [-0.39, 0.29) is 24.3 Å². The predicted octanol–water partition coefficient (Wildman–Crippen LogP) is 0.969. The average molecular weight is 365 g/mol. The molecule has 0 bridgehead atoms. The molecular formula is C20H23N5O2. The Kier molecular flexibility index (Phi) is 5.11. The van der Waals surface area contributed by atoms with E-state index in [2.05, 4.69) is 19.8 Å². The number of piperazine rings is 1. The van der Waals surface area contributed by atoms with Crippen LogP contribution >= 0.6 is 0 Å². The van der Waals surface area contributed by atoms with Crippen molar-refractivity contribution in [3.05, 3.63) is 54.4 Å². The van der Waals surface area contributed by atoms with Crippen LogP contribution in [0.15, 0.2) is 48.8 Å². The maximum Gasteiger partial charge on any atom is 0.247 e. The Morgan fingerprint density at radius 1 is 0.926 bits per heavy atom. The first-order valence-corrected chi connectivity index (χ1v) is 9.36. The van der Waals surface area contributed by atoms with Crippen molar-refractivity contribution >= 4 is 17.8 Å². The van der Waals surface area contributed by atoms with Crippen LogP contribution in [0.1, 0.15) is 12.0 Å². The lowest BCUT2D eigenvalue weighted by atomic mass is 10.1. The lowest BCUT2D eigenvalue weighted by Gasteiger charge is -2.36. The second kappa shape index (κ2) is 7.84. The fraction of sp³-hybridized carbons (Fsp3) is 0.400. The summed E-state index contributed by atoms with van der Waals surface area (Å²) in [5, 5.41) is 0. The number of imide groups is 1. The van der Waals surface area contributed by atoms with E-state index in [1.54, 1.807) is 18.5 Å². The predicted molar refractivity (Wildman–Crippen MR) is 101 cm³/mol. The molecule has 7 nitrogen and oxygen atoms in total. The first-order valence-electron chi connectivity index (χ1n) is 9.36. The number of hydrogen-bond donors (Lipinski definition) is 0. The number of likely N-dealkylation sites (tertiary alicyclic amines) is 1. The van der Waals surface area contributed by atoms with Gasteiger partial charge in [0.25, 0.3) is 0 Å². The van der Waals surface area contributed by atoms with Gasteiger partial charge < -0.3 is 4.90 Å². The van der Waals surface area contributed by atoms with Gasteiger partial charge >= 0.3 is 0 Å². The zero-order valence-electron chi connectivity index (χ0n) is 15.2. The van der Waals surface area contributed by atoms with Gasteiger partial charge in [0.2, 0.25) is 17.8 Å². The van der Waals surface area contributed by atoms with Gasteiger partial charge in [-0.05, 0) is 18.1 Å². The number of nitrogens with zero attached hydrogens (tertiary/aromatic N) is 5. The van der Waals surface area contributed by atoms with Crippen molar-refractivity contribution in [1.29, 1.82) is 0 Å². The molecule has 2 amide bonds. The van der Waals surface area contributed by atoms with Crippen molar-refractivity contribution < 1.29 is 9.59 Å². The van der Waals surface area contributed by atoms with Crippen molar-refractivity contribution in [3.63, 3.8) is 0 Å². The molecule has 2 aromatic rings. The Bertz CT molecular complexity index is 791. The normalized spacial score (nSPS) is 21.1. The Balaban J connectivity index is 1.34. The van der Waals surface area contributed by atoms with Gasteiger partial charge in [-0.1, -0.05) is 30.3 Å². The Morgan fingerprint density at radius 3 is 2.33 bits per heavy atom. The molecule has 0 aliphatic carbocycles. The van der Waals surface area contributed by atoms with Gasteiger partial charge in [0.1, 0.15) is 0 Å². The molecule has 2 fully saturated rings. The van der Waals surface area contributed by atoms with Crippen LogP contribution in [0.25, 0.3) is 0 Å². The number of aromatic nitrogens is 2. The van der Waals surface area contributed by atoms with E-state index in [9.17, 15) is 9.59 Å². The van der Waals surface area contributed by atoms with Gasteiger partial charge in [-0.15, -0.1) is 0 Å². The van der Waals surface area contributed by atoms with Gasteiger partial charge in [-0.25, -0.2) is 9.97 Å². The lowest BCUT2D eigenvalue weighted by molar-refractivity contribution is -0.139. The van der Waals surface area contributed by atoms with E-state index < -0.39 is 0 Å². The summed E-state index contributed by atoms with van der Waals surface area (Å²) in [5.74, 6) is 0.602. The quantitative estimate of drug-likeness (QED) is 0.736. The maximum absolute atomic E-state index is 12.8. The third-order valence-electron chi connectivity index (χ3n) is 5.28. The molecule has 0 spiro atoms. The summed E-state index contributed by atoms with van der Waals surface area (Å²) in [7, 11) is 0. The number of benzene rings is 1. The summed E-state index contributed by atoms with van der Waals surface area (Å²) < 4.78 is 0. The van der Waals surface area contributed by atoms with Gasteiger partial charge in [0.15, 0.2) is 0 Å². The van der Waals surface area contributed by atoms with E-state index in [4.69, 9.17) is 0 Å². The molecule has 2 saturated heterocycles. The second-order valence-corrected chi connectivity index (χ2v) is 6.91.